The highest BCUT2D eigenvalue weighted by Crippen LogP contribution is 1.96. The summed E-state index contributed by atoms with van der Waals surface area (Å²) in [5, 5.41) is 0. The predicted molar refractivity (Wildman–Crippen MR) is 43.1 cm³/mol. The molecule has 0 aromatic carbocycles. The molecule has 0 radical (unpaired) electrons. The van der Waals surface area contributed by atoms with Gasteiger partial charge in [0.1, 0.15) is 0 Å². The average Bonchev–Trinajstić information content (AvgIpc) is 1.89. The number of aliphatic imine (C=N–C) groups is 1. The average molecular weight is 137 g/mol. The summed E-state index contributed by atoms with van der Waals surface area (Å²) < 4.78 is 0. The van der Waals surface area contributed by atoms with Gasteiger partial charge in [0.15, 0.2) is 5.78 Å². The summed E-state index contributed by atoms with van der Waals surface area (Å²) in [6.45, 7) is 6.75. The van der Waals surface area contributed by atoms with E-state index in [2.05, 4.69) is 11.6 Å². The third kappa shape index (κ3) is 2.97. The maximum atomic E-state index is 10.7. The highest BCUT2D eigenvalue weighted by Gasteiger charge is 1.94. The molecule has 0 rings (SSSR count). The molecule has 0 heterocycles. The molecule has 10 heavy (non-hydrogen) atoms. The van der Waals surface area contributed by atoms with E-state index in [1.807, 2.05) is 0 Å². The monoisotopic (exact) mass is 137 g/mol. The molecule has 0 aliphatic rings. The van der Waals surface area contributed by atoms with Crippen LogP contribution >= 0.6 is 0 Å². The molecule has 0 atom stereocenters. The minimum atomic E-state index is -0.0133. The van der Waals surface area contributed by atoms with Crippen molar-refractivity contribution in [3.63, 3.8) is 0 Å². The van der Waals surface area contributed by atoms with Crippen molar-refractivity contribution in [1.29, 1.82) is 0 Å². The number of allylic oxidation sites excluding steroid dienone is 2. The molecule has 0 aliphatic carbocycles. The molecule has 2 nitrogen and oxygen atoms in total. The lowest BCUT2D eigenvalue weighted by molar-refractivity contribution is -0.113. The quantitative estimate of drug-likeness (QED) is 0.331. The van der Waals surface area contributed by atoms with Crippen LogP contribution in [-0.2, 0) is 4.79 Å². The van der Waals surface area contributed by atoms with Gasteiger partial charge in [0.2, 0.25) is 0 Å². The fourth-order valence-corrected chi connectivity index (χ4v) is 0.442. The van der Waals surface area contributed by atoms with E-state index in [1.54, 1.807) is 13.1 Å². The van der Waals surface area contributed by atoms with E-state index in [0.717, 1.165) is 0 Å². The van der Waals surface area contributed by atoms with Crippen LogP contribution in [0.1, 0.15) is 13.8 Å². The molecule has 0 fully saturated rings. The molecule has 0 bridgehead atoms. The fourth-order valence-electron chi connectivity index (χ4n) is 0.442. The summed E-state index contributed by atoms with van der Waals surface area (Å²) in [5.74, 6) is -0.0133. The van der Waals surface area contributed by atoms with Crippen molar-refractivity contribution in [2.45, 2.75) is 13.8 Å². The van der Waals surface area contributed by atoms with Crippen molar-refractivity contribution in [1.82, 2.24) is 0 Å². The summed E-state index contributed by atoms with van der Waals surface area (Å²) in [7, 11) is 0. The van der Waals surface area contributed by atoms with Gasteiger partial charge < -0.3 is 0 Å². The summed E-state index contributed by atoms with van der Waals surface area (Å²) in [6, 6.07) is 0. The van der Waals surface area contributed by atoms with Gasteiger partial charge in [0.25, 0.3) is 0 Å². The van der Waals surface area contributed by atoms with Gasteiger partial charge >= 0.3 is 0 Å². The number of hydrogen-bond donors (Lipinski definition) is 0. The van der Waals surface area contributed by atoms with Gasteiger partial charge in [-0.15, -0.1) is 0 Å². The fraction of sp³-hybridized carbons (Fsp3) is 0.250. The van der Waals surface area contributed by atoms with E-state index in [0.29, 0.717) is 5.57 Å². The van der Waals surface area contributed by atoms with E-state index in [9.17, 15) is 4.79 Å². The lowest BCUT2D eigenvalue weighted by atomic mass is 10.2. The largest absolute Gasteiger partial charge is 0.294 e. The van der Waals surface area contributed by atoms with Crippen LogP contribution in [0.25, 0.3) is 0 Å². The van der Waals surface area contributed by atoms with Crippen LogP contribution in [0.3, 0.4) is 0 Å². The van der Waals surface area contributed by atoms with E-state index < -0.39 is 0 Å². The van der Waals surface area contributed by atoms with Crippen LogP contribution in [0.2, 0.25) is 0 Å². The second-order valence-corrected chi connectivity index (χ2v) is 1.75. The molecular weight excluding hydrogens is 126 g/mol. The molecular formula is C8H11NO. The first kappa shape index (κ1) is 8.82. The van der Waals surface area contributed by atoms with E-state index in [4.69, 9.17) is 0 Å². The van der Waals surface area contributed by atoms with Gasteiger partial charge in [-0.1, -0.05) is 12.7 Å². The van der Waals surface area contributed by atoms with Crippen LogP contribution in [0, 0.1) is 0 Å². The first-order valence-electron chi connectivity index (χ1n) is 3.03. The lowest BCUT2D eigenvalue weighted by Crippen LogP contribution is -1.91. The van der Waals surface area contributed by atoms with Gasteiger partial charge in [-0.3, -0.25) is 9.79 Å². The zero-order chi connectivity index (χ0) is 7.98. The molecule has 0 saturated heterocycles. The molecule has 0 aromatic heterocycles. The summed E-state index contributed by atoms with van der Waals surface area (Å²) in [6.07, 6.45) is 4.61. The third-order valence-corrected chi connectivity index (χ3v) is 0.989. The highest BCUT2D eigenvalue weighted by molar-refractivity contribution is 5.95. The normalized spacial score (nSPS) is 12.0. The number of ketones is 1. The van der Waals surface area contributed by atoms with Crippen molar-refractivity contribution in [3.05, 3.63) is 24.4 Å². The van der Waals surface area contributed by atoms with Crippen molar-refractivity contribution < 1.29 is 4.79 Å². The van der Waals surface area contributed by atoms with Crippen LogP contribution in [-0.4, -0.2) is 12.0 Å². The molecule has 0 unspecified atom stereocenters. The Morgan fingerprint density at radius 1 is 1.60 bits per heavy atom. The molecule has 0 amide bonds. The van der Waals surface area contributed by atoms with Crippen molar-refractivity contribution in [3.8, 4) is 0 Å². The first-order valence-corrected chi connectivity index (χ1v) is 3.03. The van der Waals surface area contributed by atoms with Crippen LogP contribution in [0.15, 0.2) is 29.4 Å². The number of nitrogens with zero attached hydrogens (tertiary/aromatic N) is 1. The lowest BCUT2D eigenvalue weighted by Gasteiger charge is -1.89. The van der Waals surface area contributed by atoms with Gasteiger partial charge in [-0.25, -0.2) is 0 Å². The Kier molecular flexibility index (Phi) is 4.12. The molecule has 0 aromatic rings. The van der Waals surface area contributed by atoms with Gasteiger partial charge in [-0.05, 0) is 13.8 Å². The number of carbonyl (C=O) groups excluding carboxylic acids is 1. The van der Waals surface area contributed by atoms with Crippen LogP contribution < -0.4 is 0 Å². The molecule has 0 saturated carbocycles. The number of carbonyl (C=O) groups is 1. The smallest absolute Gasteiger partial charge is 0.161 e. The second-order valence-electron chi connectivity index (χ2n) is 1.75. The first-order chi connectivity index (χ1) is 4.72. The molecule has 0 spiro atoms. The number of hydrogen-bond acceptors (Lipinski definition) is 2. The summed E-state index contributed by atoms with van der Waals surface area (Å²) >= 11 is 0. The Hall–Kier alpha value is -1.18. The standard InChI is InChI=1S/C8H11NO/c1-4-8(7(3)10)6-9-5-2/h4-6H,1H2,2-3H3/b8-6+,9-5-. The topological polar surface area (TPSA) is 29.4 Å². The zero-order valence-corrected chi connectivity index (χ0v) is 6.29. The van der Waals surface area contributed by atoms with Gasteiger partial charge in [0, 0.05) is 18.0 Å². The second kappa shape index (κ2) is 4.68. The number of Topliss-reactive ketones (excluding diaryl/α,β-unsaturated/α-hetero) is 1. The molecule has 54 valence electrons. The summed E-state index contributed by atoms with van der Waals surface area (Å²) in [4.78, 5) is 14.5. The third-order valence-electron chi connectivity index (χ3n) is 0.989. The highest BCUT2D eigenvalue weighted by atomic mass is 16.1. The van der Waals surface area contributed by atoms with Gasteiger partial charge in [0.05, 0.1) is 0 Å². The number of rotatable bonds is 3. The SMILES string of the molecule is C=C/C(=C\N=C/C)C(C)=O. The van der Waals surface area contributed by atoms with Crippen molar-refractivity contribution in [2.24, 2.45) is 4.99 Å². The zero-order valence-electron chi connectivity index (χ0n) is 6.29. The Morgan fingerprint density at radius 3 is 2.50 bits per heavy atom. The molecule has 0 N–H and O–H groups in total. The van der Waals surface area contributed by atoms with Gasteiger partial charge in [-0.2, -0.15) is 0 Å². The Bertz CT molecular complexity index is 189. The van der Waals surface area contributed by atoms with Crippen molar-refractivity contribution >= 4 is 12.0 Å². The van der Waals surface area contributed by atoms with E-state index in [-0.39, 0.29) is 5.78 Å². The van der Waals surface area contributed by atoms with Crippen LogP contribution in [0.4, 0.5) is 0 Å². The Morgan fingerprint density at radius 2 is 2.20 bits per heavy atom. The maximum absolute atomic E-state index is 10.7. The van der Waals surface area contributed by atoms with E-state index >= 15 is 0 Å². The van der Waals surface area contributed by atoms with Crippen LogP contribution in [0.5, 0.6) is 0 Å². The Labute approximate surface area is 61.0 Å². The minimum Gasteiger partial charge on any atom is -0.294 e. The molecule has 2 heteroatoms. The van der Waals surface area contributed by atoms with Crippen molar-refractivity contribution in [2.75, 3.05) is 0 Å². The summed E-state index contributed by atoms with van der Waals surface area (Å²) in [5.41, 5.74) is 0.540. The maximum Gasteiger partial charge on any atom is 0.161 e. The van der Waals surface area contributed by atoms with E-state index in [1.165, 1.54) is 19.2 Å². The molecule has 0 aliphatic heterocycles. The Balaban J connectivity index is 4.33. The predicted octanol–water partition coefficient (Wildman–Crippen LogP) is 1.74. The minimum absolute atomic E-state index is 0.0133.